The molecule has 0 aliphatic heterocycles. The molecule has 3 rings (SSSR count). The van der Waals surface area contributed by atoms with Gasteiger partial charge in [-0.3, -0.25) is 14.9 Å². The summed E-state index contributed by atoms with van der Waals surface area (Å²) in [7, 11) is 0. The van der Waals surface area contributed by atoms with E-state index in [1.54, 1.807) is 42.5 Å². The molecular formula is C17H19N3O2S. The Balaban J connectivity index is 1.71. The molecule has 0 radical (unpaired) electrons. The Bertz CT molecular complexity index is 716. The van der Waals surface area contributed by atoms with Crippen LogP contribution >= 0.6 is 11.3 Å². The van der Waals surface area contributed by atoms with E-state index >= 15 is 0 Å². The number of amides is 2. The van der Waals surface area contributed by atoms with Crippen molar-refractivity contribution < 1.29 is 9.59 Å². The number of hydrogen-bond donors (Lipinski definition) is 2. The van der Waals surface area contributed by atoms with Crippen LogP contribution in [0.25, 0.3) is 0 Å². The van der Waals surface area contributed by atoms with Gasteiger partial charge in [-0.05, 0) is 43.9 Å². The lowest BCUT2D eigenvalue weighted by Gasteiger charge is -2.06. The molecule has 1 aromatic carbocycles. The Kier molecular flexibility index (Phi) is 4.71. The summed E-state index contributed by atoms with van der Waals surface area (Å²) in [6.45, 7) is 1.79. The predicted molar refractivity (Wildman–Crippen MR) is 92.1 cm³/mol. The number of aryl methyl sites for hydroxylation is 2. The van der Waals surface area contributed by atoms with Crippen LogP contribution in [0.1, 0.15) is 47.1 Å². The minimum Gasteiger partial charge on any atom is -0.326 e. The molecule has 1 heterocycles. The topological polar surface area (TPSA) is 71.1 Å². The Labute approximate surface area is 139 Å². The minimum absolute atomic E-state index is 0.0739. The number of hydrogen-bond acceptors (Lipinski definition) is 4. The summed E-state index contributed by atoms with van der Waals surface area (Å²) in [6.07, 6.45) is 4.83. The molecule has 2 aromatic rings. The lowest BCUT2D eigenvalue weighted by atomic mass is 10.0. The fourth-order valence-corrected chi connectivity index (χ4v) is 3.61. The van der Waals surface area contributed by atoms with E-state index in [1.807, 2.05) is 0 Å². The third kappa shape index (κ3) is 3.76. The van der Waals surface area contributed by atoms with Crippen LogP contribution in [0.2, 0.25) is 0 Å². The average molecular weight is 329 g/mol. The summed E-state index contributed by atoms with van der Waals surface area (Å²) >= 11 is 1.56. The first-order valence-corrected chi connectivity index (χ1v) is 8.67. The van der Waals surface area contributed by atoms with Crippen LogP contribution in [0.15, 0.2) is 24.3 Å². The molecule has 23 heavy (non-hydrogen) atoms. The second-order valence-corrected chi connectivity index (χ2v) is 6.62. The Morgan fingerprint density at radius 2 is 2.04 bits per heavy atom. The van der Waals surface area contributed by atoms with E-state index in [0.717, 1.165) is 18.5 Å². The van der Waals surface area contributed by atoms with E-state index in [0.29, 0.717) is 22.8 Å². The summed E-state index contributed by atoms with van der Waals surface area (Å²) in [5.74, 6) is -0.279. The maximum Gasteiger partial charge on any atom is 0.257 e. The molecule has 1 aromatic heterocycles. The van der Waals surface area contributed by atoms with Crippen LogP contribution in [0.5, 0.6) is 0 Å². The number of nitrogens with zero attached hydrogens (tertiary/aromatic N) is 1. The zero-order valence-electron chi connectivity index (χ0n) is 13.0. The van der Waals surface area contributed by atoms with E-state index < -0.39 is 0 Å². The van der Waals surface area contributed by atoms with Crippen LogP contribution in [0, 0.1) is 0 Å². The van der Waals surface area contributed by atoms with Gasteiger partial charge in [-0.2, -0.15) is 0 Å². The van der Waals surface area contributed by atoms with Gasteiger partial charge in [0.25, 0.3) is 5.91 Å². The zero-order chi connectivity index (χ0) is 16.2. The van der Waals surface area contributed by atoms with Gasteiger partial charge in [0.05, 0.1) is 5.69 Å². The number of rotatable bonds is 4. The number of aromatic nitrogens is 1. The van der Waals surface area contributed by atoms with Crippen molar-refractivity contribution in [2.24, 2.45) is 0 Å². The van der Waals surface area contributed by atoms with Crippen molar-refractivity contribution in [3.63, 3.8) is 0 Å². The second kappa shape index (κ2) is 6.91. The maximum absolute atomic E-state index is 12.4. The smallest absolute Gasteiger partial charge is 0.257 e. The molecule has 0 saturated heterocycles. The maximum atomic E-state index is 12.4. The summed E-state index contributed by atoms with van der Waals surface area (Å²) in [5.41, 5.74) is 2.26. The summed E-state index contributed by atoms with van der Waals surface area (Å²) in [5, 5.41) is 6.28. The van der Waals surface area contributed by atoms with Gasteiger partial charge < -0.3 is 5.32 Å². The van der Waals surface area contributed by atoms with Gasteiger partial charge in [0.1, 0.15) is 0 Å². The molecule has 0 saturated carbocycles. The highest BCUT2D eigenvalue weighted by atomic mass is 32.1. The van der Waals surface area contributed by atoms with E-state index in [1.165, 1.54) is 17.7 Å². The standard InChI is InChI=1S/C17H19N3O2S/c1-2-15(21)18-12-7-5-6-11(10-12)16(22)20-17-19-13-8-3-4-9-14(13)23-17/h5-7,10H,2-4,8-9H2,1H3,(H,18,21)(H,19,20,22). The summed E-state index contributed by atoms with van der Waals surface area (Å²) < 4.78 is 0. The molecule has 1 aliphatic carbocycles. The molecule has 0 bridgehead atoms. The number of benzene rings is 1. The average Bonchev–Trinajstić information content (AvgIpc) is 2.97. The number of carbonyl (C=O) groups is 2. The van der Waals surface area contributed by atoms with Crippen LogP contribution in [-0.2, 0) is 17.6 Å². The van der Waals surface area contributed by atoms with Crippen LogP contribution in [0.4, 0.5) is 10.8 Å². The van der Waals surface area contributed by atoms with Crippen LogP contribution in [0.3, 0.4) is 0 Å². The van der Waals surface area contributed by atoms with Crippen molar-refractivity contribution in [1.82, 2.24) is 4.98 Å². The summed E-state index contributed by atoms with van der Waals surface area (Å²) in [6, 6.07) is 6.93. The van der Waals surface area contributed by atoms with Gasteiger partial charge in [-0.25, -0.2) is 4.98 Å². The van der Waals surface area contributed by atoms with Gasteiger partial charge in [-0.1, -0.05) is 13.0 Å². The molecule has 0 unspecified atom stereocenters. The fraction of sp³-hybridized carbons (Fsp3) is 0.353. The Morgan fingerprint density at radius 3 is 2.83 bits per heavy atom. The summed E-state index contributed by atoms with van der Waals surface area (Å²) in [4.78, 5) is 29.6. The van der Waals surface area contributed by atoms with Gasteiger partial charge in [-0.15, -0.1) is 11.3 Å². The molecule has 0 fully saturated rings. The van der Waals surface area contributed by atoms with E-state index in [4.69, 9.17) is 0 Å². The molecule has 6 heteroatoms. The van der Waals surface area contributed by atoms with Crippen molar-refractivity contribution in [2.45, 2.75) is 39.0 Å². The highest BCUT2D eigenvalue weighted by Crippen LogP contribution is 2.29. The molecule has 1 aliphatic rings. The van der Waals surface area contributed by atoms with E-state index in [9.17, 15) is 9.59 Å². The van der Waals surface area contributed by atoms with Crippen molar-refractivity contribution in [1.29, 1.82) is 0 Å². The van der Waals surface area contributed by atoms with Gasteiger partial charge in [0.15, 0.2) is 5.13 Å². The van der Waals surface area contributed by atoms with Crippen LogP contribution < -0.4 is 10.6 Å². The zero-order valence-corrected chi connectivity index (χ0v) is 13.8. The first kappa shape index (κ1) is 15.7. The van der Waals surface area contributed by atoms with Crippen molar-refractivity contribution in [2.75, 3.05) is 10.6 Å². The largest absolute Gasteiger partial charge is 0.326 e. The highest BCUT2D eigenvalue weighted by molar-refractivity contribution is 7.15. The molecular weight excluding hydrogens is 310 g/mol. The lowest BCUT2D eigenvalue weighted by Crippen LogP contribution is -2.13. The van der Waals surface area contributed by atoms with Gasteiger partial charge in [0.2, 0.25) is 5.91 Å². The molecule has 120 valence electrons. The molecule has 5 nitrogen and oxygen atoms in total. The SMILES string of the molecule is CCC(=O)Nc1cccc(C(=O)Nc2nc3c(s2)CCCC3)c1. The monoisotopic (exact) mass is 329 g/mol. The molecule has 0 spiro atoms. The number of nitrogens with one attached hydrogen (secondary N) is 2. The first-order valence-electron chi connectivity index (χ1n) is 7.85. The fourth-order valence-electron chi connectivity index (χ4n) is 2.56. The Morgan fingerprint density at radius 1 is 1.22 bits per heavy atom. The second-order valence-electron chi connectivity index (χ2n) is 5.53. The quantitative estimate of drug-likeness (QED) is 0.900. The first-order chi connectivity index (χ1) is 11.2. The predicted octanol–water partition coefficient (Wildman–Crippen LogP) is 3.62. The number of carbonyl (C=O) groups excluding carboxylic acids is 2. The normalized spacial score (nSPS) is 13.3. The number of fused-ring (bicyclic) bond motifs is 1. The number of anilines is 2. The van der Waals surface area contributed by atoms with E-state index in [2.05, 4.69) is 15.6 Å². The molecule has 2 N–H and O–H groups in total. The minimum atomic E-state index is -0.205. The Hall–Kier alpha value is -2.21. The van der Waals surface area contributed by atoms with Crippen molar-refractivity contribution in [3.8, 4) is 0 Å². The van der Waals surface area contributed by atoms with Crippen molar-refractivity contribution in [3.05, 3.63) is 40.4 Å². The van der Waals surface area contributed by atoms with E-state index in [-0.39, 0.29) is 11.8 Å². The third-order valence-corrected chi connectivity index (χ3v) is 4.87. The van der Waals surface area contributed by atoms with Gasteiger partial charge in [0, 0.05) is 22.5 Å². The molecule has 2 amide bonds. The lowest BCUT2D eigenvalue weighted by molar-refractivity contribution is -0.115. The number of thiazole rings is 1. The third-order valence-electron chi connectivity index (χ3n) is 3.80. The van der Waals surface area contributed by atoms with Crippen molar-refractivity contribution >= 4 is 34.0 Å². The van der Waals surface area contributed by atoms with Gasteiger partial charge >= 0.3 is 0 Å². The van der Waals surface area contributed by atoms with Crippen LogP contribution in [-0.4, -0.2) is 16.8 Å². The highest BCUT2D eigenvalue weighted by Gasteiger charge is 2.17. The molecule has 0 atom stereocenters.